The molecule has 0 spiro atoms. The maximum Gasteiger partial charge on any atom is 0.409 e. The lowest BCUT2D eigenvalue weighted by Crippen LogP contribution is -2.48. The molecule has 0 aliphatic rings. The largest absolute Gasteiger partial charge is 0.444 e. The van der Waals surface area contributed by atoms with Crippen molar-refractivity contribution in [1.82, 2.24) is 5.32 Å². The molecule has 1 rings (SSSR count). The number of rotatable bonds is 6. The number of carbonyl (C=O) groups is 1. The molecular formula is C18H27BrFNO3. The fourth-order valence-electron chi connectivity index (χ4n) is 2.14. The Kier molecular flexibility index (Phi) is 7.23. The van der Waals surface area contributed by atoms with Crippen LogP contribution in [0.25, 0.3) is 0 Å². The molecule has 0 saturated heterocycles. The van der Waals surface area contributed by atoms with Gasteiger partial charge in [0, 0.05) is 10.4 Å². The van der Waals surface area contributed by atoms with E-state index in [1.54, 1.807) is 41.5 Å². The maximum absolute atomic E-state index is 13.3. The molecule has 136 valence electrons. The molecule has 4 nitrogen and oxygen atoms in total. The van der Waals surface area contributed by atoms with E-state index in [9.17, 15) is 9.18 Å². The zero-order chi connectivity index (χ0) is 18.5. The fraction of sp³-hybridized carbons (Fsp3) is 0.611. The van der Waals surface area contributed by atoms with Crippen LogP contribution in [-0.4, -0.2) is 24.1 Å². The Balaban J connectivity index is 2.88. The van der Waals surface area contributed by atoms with Gasteiger partial charge in [-0.3, -0.25) is 9.71 Å². The van der Waals surface area contributed by atoms with Gasteiger partial charge in [-0.15, -0.1) is 0 Å². The number of ether oxygens (including phenoxy) is 2. The van der Waals surface area contributed by atoms with Gasteiger partial charge >= 0.3 is 6.09 Å². The number of benzene rings is 1. The average molecular weight is 404 g/mol. The highest BCUT2D eigenvalue weighted by atomic mass is 79.9. The van der Waals surface area contributed by atoms with Crippen LogP contribution in [0.4, 0.5) is 9.18 Å². The lowest BCUT2D eigenvalue weighted by atomic mass is 9.98. The van der Waals surface area contributed by atoms with Crippen LogP contribution in [0.2, 0.25) is 0 Å². The number of hydrogen-bond acceptors (Lipinski definition) is 3. The summed E-state index contributed by atoms with van der Waals surface area (Å²) in [5.41, 5.74) is -0.761. The first kappa shape index (κ1) is 20.9. The van der Waals surface area contributed by atoms with Gasteiger partial charge < -0.3 is 9.47 Å². The van der Waals surface area contributed by atoms with Crippen molar-refractivity contribution in [2.24, 2.45) is 5.92 Å². The zero-order valence-corrected chi connectivity index (χ0v) is 16.7. The Bertz CT molecular complexity index is 540. The van der Waals surface area contributed by atoms with E-state index in [0.717, 1.165) is 10.0 Å². The Labute approximate surface area is 152 Å². The SMILES string of the molecule is CC(CF)[C@H](OC(C)(C)NC(=O)OC(C)(C)C)c1ccc(Br)cc1. The molecule has 0 radical (unpaired) electrons. The Morgan fingerprint density at radius 1 is 1.21 bits per heavy atom. The molecule has 0 aliphatic heterocycles. The monoisotopic (exact) mass is 403 g/mol. The number of hydrogen-bond donors (Lipinski definition) is 1. The molecule has 1 aromatic rings. The molecule has 0 aliphatic carbocycles. The smallest absolute Gasteiger partial charge is 0.409 e. The summed E-state index contributed by atoms with van der Waals surface area (Å²) in [6.07, 6.45) is -1.07. The van der Waals surface area contributed by atoms with Crippen LogP contribution in [0.5, 0.6) is 0 Å². The minimum Gasteiger partial charge on any atom is -0.444 e. The number of halogens is 2. The lowest BCUT2D eigenvalue weighted by molar-refractivity contribution is -0.115. The van der Waals surface area contributed by atoms with Gasteiger partial charge in [0.15, 0.2) is 0 Å². The molecule has 1 N–H and O–H groups in total. The zero-order valence-electron chi connectivity index (χ0n) is 15.2. The van der Waals surface area contributed by atoms with Gasteiger partial charge in [0.1, 0.15) is 11.3 Å². The van der Waals surface area contributed by atoms with E-state index in [-0.39, 0.29) is 5.92 Å². The average Bonchev–Trinajstić information content (AvgIpc) is 2.42. The van der Waals surface area contributed by atoms with Crippen molar-refractivity contribution >= 4 is 22.0 Å². The highest BCUT2D eigenvalue weighted by Gasteiger charge is 2.31. The highest BCUT2D eigenvalue weighted by molar-refractivity contribution is 9.10. The van der Waals surface area contributed by atoms with Crippen LogP contribution < -0.4 is 5.32 Å². The number of alkyl halides is 1. The Morgan fingerprint density at radius 2 is 1.75 bits per heavy atom. The second-order valence-corrected chi connectivity index (χ2v) is 8.27. The number of carbonyl (C=O) groups excluding carboxylic acids is 1. The van der Waals surface area contributed by atoms with Gasteiger partial charge in [0.25, 0.3) is 0 Å². The van der Waals surface area contributed by atoms with E-state index in [0.29, 0.717) is 0 Å². The van der Waals surface area contributed by atoms with Crippen molar-refractivity contribution in [1.29, 1.82) is 0 Å². The molecule has 0 bridgehead atoms. The molecule has 0 saturated carbocycles. The Hall–Kier alpha value is -1.14. The molecule has 0 aromatic heterocycles. The van der Waals surface area contributed by atoms with E-state index in [4.69, 9.17) is 9.47 Å². The van der Waals surface area contributed by atoms with Crippen molar-refractivity contribution in [2.45, 2.75) is 59.0 Å². The molecule has 0 fully saturated rings. The van der Waals surface area contributed by atoms with Crippen LogP contribution in [0, 0.1) is 5.92 Å². The van der Waals surface area contributed by atoms with Gasteiger partial charge in [-0.25, -0.2) is 4.79 Å². The summed E-state index contributed by atoms with van der Waals surface area (Å²) >= 11 is 3.38. The molecule has 1 unspecified atom stereocenters. The predicted molar refractivity (Wildman–Crippen MR) is 96.6 cm³/mol. The maximum atomic E-state index is 13.3. The van der Waals surface area contributed by atoms with Gasteiger partial charge in [-0.2, -0.15) is 0 Å². The lowest BCUT2D eigenvalue weighted by Gasteiger charge is -2.34. The quantitative estimate of drug-likeness (QED) is 0.649. The fourth-order valence-corrected chi connectivity index (χ4v) is 2.41. The summed E-state index contributed by atoms with van der Waals surface area (Å²) in [7, 11) is 0. The summed E-state index contributed by atoms with van der Waals surface area (Å²) in [6.45, 7) is 10.0. The third-order valence-electron chi connectivity index (χ3n) is 3.18. The molecule has 6 heteroatoms. The normalized spacial score (nSPS) is 14.8. The number of amides is 1. The van der Waals surface area contributed by atoms with Crippen LogP contribution in [0.15, 0.2) is 28.7 Å². The van der Waals surface area contributed by atoms with E-state index in [1.807, 2.05) is 24.3 Å². The van der Waals surface area contributed by atoms with Gasteiger partial charge in [0.2, 0.25) is 0 Å². The molecule has 1 aromatic carbocycles. The molecule has 1 amide bonds. The summed E-state index contributed by atoms with van der Waals surface area (Å²) < 4.78 is 25.5. The summed E-state index contributed by atoms with van der Waals surface area (Å²) in [5, 5.41) is 2.69. The second-order valence-electron chi connectivity index (χ2n) is 7.36. The first-order chi connectivity index (χ1) is 10.9. The molecule has 0 heterocycles. The first-order valence-electron chi connectivity index (χ1n) is 7.94. The minimum atomic E-state index is -1.01. The van der Waals surface area contributed by atoms with E-state index < -0.39 is 30.2 Å². The standard InChI is InChI=1S/C18H27BrFNO3/c1-12(11-20)15(13-7-9-14(19)10-8-13)23-18(5,6)21-16(22)24-17(2,3)4/h7-10,12,15H,11H2,1-6H3,(H,21,22)/t12?,15-/m0/s1. The summed E-state index contributed by atoms with van der Waals surface area (Å²) in [6, 6.07) is 7.52. The molecule has 2 atom stereocenters. The second kappa shape index (κ2) is 8.30. The van der Waals surface area contributed by atoms with Gasteiger partial charge in [-0.05, 0) is 52.3 Å². The first-order valence-corrected chi connectivity index (χ1v) is 8.73. The van der Waals surface area contributed by atoms with Gasteiger partial charge in [0.05, 0.1) is 12.8 Å². The Morgan fingerprint density at radius 3 is 2.21 bits per heavy atom. The van der Waals surface area contributed by atoms with Crippen molar-refractivity contribution in [3.8, 4) is 0 Å². The van der Waals surface area contributed by atoms with Crippen molar-refractivity contribution in [3.63, 3.8) is 0 Å². The molecular weight excluding hydrogens is 377 g/mol. The van der Waals surface area contributed by atoms with E-state index >= 15 is 0 Å². The van der Waals surface area contributed by atoms with E-state index in [2.05, 4.69) is 21.2 Å². The third kappa shape index (κ3) is 7.18. The number of alkyl carbamates (subject to hydrolysis) is 1. The van der Waals surface area contributed by atoms with Crippen molar-refractivity contribution in [3.05, 3.63) is 34.3 Å². The van der Waals surface area contributed by atoms with E-state index in [1.165, 1.54) is 0 Å². The third-order valence-corrected chi connectivity index (χ3v) is 3.71. The predicted octanol–water partition coefficient (Wildman–Crippen LogP) is 5.37. The topological polar surface area (TPSA) is 47.6 Å². The van der Waals surface area contributed by atoms with Gasteiger partial charge in [-0.1, -0.05) is 35.0 Å². The highest BCUT2D eigenvalue weighted by Crippen LogP contribution is 2.31. The molecule has 24 heavy (non-hydrogen) atoms. The number of nitrogens with one attached hydrogen (secondary N) is 1. The summed E-state index contributed by atoms with van der Waals surface area (Å²) in [5.74, 6) is -0.356. The van der Waals surface area contributed by atoms with Crippen LogP contribution in [0.1, 0.15) is 53.2 Å². The summed E-state index contributed by atoms with van der Waals surface area (Å²) in [4.78, 5) is 12.0. The van der Waals surface area contributed by atoms with Crippen LogP contribution in [0.3, 0.4) is 0 Å². The van der Waals surface area contributed by atoms with Crippen molar-refractivity contribution in [2.75, 3.05) is 6.67 Å². The van der Waals surface area contributed by atoms with Crippen molar-refractivity contribution < 1.29 is 18.7 Å². The van der Waals surface area contributed by atoms with Crippen LogP contribution >= 0.6 is 15.9 Å². The van der Waals surface area contributed by atoms with Crippen LogP contribution in [-0.2, 0) is 9.47 Å². The minimum absolute atomic E-state index is 0.356.